The van der Waals surface area contributed by atoms with Crippen LogP contribution in [0.2, 0.25) is 5.02 Å². The molecular formula is C10H13ClFN. The molecule has 0 fully saturated rings. The molecule has 0 bridgehead atoms. The molecule has 0 heterocycles. The minimum absolute atomic E-state index is 0.300. The van der Waals surface area contributed by atoms with Gasteiger partial charge in [-0.15, -0.1) is 0 Å². The summed E-state index contributed by atoms with van der Waals surface area (Å²) in [6, 6.07) is 4.38. The lowest BCUT2D eigenvalue weighted by molar-refractivity contribution is 0.628. The maximum Gasteiger partial charge on any atom is 0.124 e. The van der Waals surface area contributed by atoms with Crippen molar-refractivity contribution in [2.75, 3.05) is 11.9 Å². The van der Waals surface area contributed by atoms with E-state index in [2.05, 4.69) is 12.2 Å². The topological polar surface area (TPSA) is 12.0 Å². The second-order valence-electron chi connectivity index (χ2n) is 2.90. The van der Waals surface area contributed by atoms with Gasteiger partial charge in [0.15, 0.2) is 0 Å². The van der Waals surface area contributed by atoms with Crippen LogP contribution in [0.1, 0.15) is 19.8 Å². The van der Waals surface area contributed by atoms with E-state index >= 15 is 0 Å². The Morgan fingerprint density at radius 2 is 2.23 bits per heavy atom. The van der Waals surface area contributed by atoms with Gasteiger partial charge < -0.3 is 5.32 Å². The second-order valence-corrected chi connectivity index (χ2v) is 3.31. The fourth-order valence-corrected chi connectivity index (χ4v) is 1.27. The maximum absolute atomic E-state index is 12.6. The molecule has 0 spiro atoms. The standard InChI is InChI=1S/C10H13ClFN/c1-2-3-6-13-10-5-4-8(12)7-9(10)11/h4-5,7,13H,2-3,6H2,1H3. The summed E-state index contributed by atoms with van der Waals surface area (Å²) < 4.78 is 12.6. The van der Waals surface area contributed by atoms with Gasteiger partial charge in [0.25, 0.3) is 0 Å². The van der Waals surface area contributed by atoms with Crippen molar-refractivity contribution in [3.05, 3.63) is 29.0 Å². The first-order valence-electron chi connectivity index (χ1n) is 4.43. The van der Waals surface area contributed by atoms with Crippen LogP contribution in [-0.4, -0.2) is 6.54 Å². The molecular weight excluding hydrogens is 189 g/mol. The minimum Gasteiger partial charge on any atom is -0.384 e. The Hall–Kier alpha value is -0.760. The monoisotopic (exact) mass is 201 g/mol. The first-order valence-corrected chi connectivity index (χ1v) is 4.80. The van der Waals surface area contributed by atoms with Crippen molar-refractivity contribution in [2.45, 2.75) is 19.8 Å². The Morgan fingerprint density at radius 1 is 1.46 bits per heavy atom. The van der Waals surface area contributed by atoms with Crippen molar-refractivity contribution < 1.29 is 4.39 Å². The van der Waals surface area contributed by atoms with Gasteiger partial charge in [-0.3, -0.25) is 0 Å². The lowest BCUT2D eigenvalue weighted by atomic mass is 10.3. The molecule has 0 aliphatic carbocycles. The van der Waals surface area contributed by atoms with E-state index in [1.807, 2.05) is 0 Å². The van der Waals surface area contributed by atoms with Crippen molar-refractivity contribution in [3.8, 4) is 0 Å². The quantitative estimate of drug-likeness (QED) is 0.733. The summed E-state index contributed by atoms with van der Waals surface area (Å²) in [6.07, 6.45) is 2.22. The lowest BCUT2D eigenvalue weighted by Gasteiger charge is -2.06. The third kappa shape index (κ3) is 3.23. The highest BCUT2D eigenvalue weighted by Crippen LogP contribution is 2.22. The van der Waals surface area contributed by atoms with Crippen LogP contribution in [0.3, 0.4) is 0 Å². The Labute approximate surface area is 82.9 Å². The largest absolute Gasteiger partial charge is 0.384 e. The van der Waals surface area contributed by atoms with Crippen molar-refractivity contribution in [1.29, 1.82) is 0 Å². The average Bonchev–Trinajstić information content (AvgIpc) is 2.09. The van der Waals surface area contributed by atoms with Gasteiger partial charge in [-0.25, -0.2) is 4.39 Å². The van der Waals surface area contributed by atoms with Gasteiger partial charge >= 0.3 is 0 Å². The summed E-state index contributed by atoms with van der Waals surface area (Å²) >= 11 is 5.81. The number of hydrogen-bond donors (Lipinski definition) is 1. The Kier molecular flexibility index (Phi) is 4.03. The van der Waals surface area contributed by atoms with Gasteiger partial charge in [0.05, 0.1) is 10.7 Å². The predicted octanol–water partition coefficient (Wildman–Crippen LogP) is 3.69. The van der Waals surface area contributed by atoms with Crippen LogP contribution in [0, 0.1) is 5.82 Å². The number of anilines is 1. The van der Waals surface area contributed by atoms with Crippen LogP contribution in [0.15, 0.2) is 18.2 Å². The van der Waals surface area contributed by atoms with Gasteiger partial charge in [-0.1, -0.05) is 24.9 Å². The first-order chi connectivity index (χ1) is 6.24. The van der Waals surface area contributed by atoms with Crippen LogP contribution < -0.4 is 5.32 Å². The molecule has 0 saturated heterocycles. The van der Waals surface area contributed by atoms with Gasteiger partial charge in [0.2, 0.25) is 0 Å². The van der Waals surface area contributed by atoms with Crippen LogP contribution >= 0.6 is 11.6 Å². The van der Waals surface area contributed by atoms with Gasteiger partial charge in [0, 0.05) is 6.54 Å². The molecule has 1 rings (SSSR count). The van der Waals surface area contributed by atoms with E-state index < -0.39 is 0 Å². The molecule has 72 valence electrons. The number of unbranched alkanes of at least 4 members (excludes halogenated alkanes) is 1. The number of halogens is 2. The molecule has 1 nitrogen and oxygen atoms in total. The SMILES string of the molecule is CCCCNc1ccc(F)cc1Cl. The second kappa shape index (κ2) is 5.07. The molecule has 0 atom stereocenters. The van der Waals surface area contributed by atoms with Crippen molar-refractivity contribution in [2.24, 2.45) is 0 Å². The van der Waals surface area contributed by atoms with Crippen LogP contribution in [0.5, 0.6) is 0 Å². The number of nitrogens with one attached hydrogen (secondary N) is 1. The van der Waals surface area contributed by atoms with E-state index in [1.54, 1.807) is 6.07 Å². The number of hydrogen-bond acceptors (Lipinski definition) is 1. The summed E-state index contributed by atoms with van der Waals surface area (Å²) in [6.45, 7) is 3.00. The summed E-state index contributed by atoms with van der Waals surface area (Å²) in [7, 11) is 0. The zero-order valence-corrected chi connectivity index (χ0v) is 8.37. The van der Waals surface area contributed by atoms with Gasteiger partial charge in [-0.2, -0.15) is 0 Å². The predicted molar refractivity (Wildman–Crippen MR) is 54.8 cm³/mol. The third-order valence-corrected chi connectivity index (χ3v) is 2.09. The average molecular weight is 202 g/mol. The molecule has 0 radical (unpaired) electrons. The van der Waals surface area contributed by atoms with E-state index in [1.165, 1.54) is 12.1 Å². The normalized spacial score (nSPS) is 10.1. The highest BCUT2D eigenvalue weighted by atomic mass is 35.5. The van der Waals surface area contributed by atoms with Crippen LogP contribution in [0.25, 0.3) is 0 Å². The van der Waals surface area contributed by atoms with E-state index in [4.69, 9.17) is 11.6 Å². The Balaban J connectivity index is 2.56. The van der Waals surface area contributed by atoms with Crippen molar-refractivity contribution >= 4 is 17.3 Å². The number of benzene rings is 1. The molecule has 1 aromatic carbocycles. The fourth-order valence-electron chi connectivity index (χ4n) is 1.03. The van der Waals surface area contributed by atoms with E-state index in [9.17, 15) is 4.39 Å². The molecule has 1 N–H and O–H groups in total. The fraction of sp³-hybridized carbons (Fsp3) is 0.400. The molecule has 0 aliphatic heterocycles. The van der Waals surface area contributed by atoms with Crippen LogP contribution in [0.4, 0.5) is 10.1 Å². The summed E-state index contributed by atoms with van der Waals surface area (Å²) in [5.74, 6) is -0.300. The molecule has 0 unspecified atom stereocenters. The van der Waals surface area contributed by atoms with E-state index in [0.29, 0.717) is 5.02 Å². The summed E-state index contributed by atoms with van der Waals surface area (Å²) in [4.78, 5) is 0. The molecule has 13 heavy (non-hydrogen) atoms. The number of rotatable bonds is 4. The summed E-state index contributed by atoms with van der Waals surface area (Å²) in [5.41, 5.74) is 0.802. The lowest BCUT2D eigenvalue weighted by Crippen LogP contribution is -2.01. The minimum atomic E-state index is -0.300. The van der Waals surface area contributed by atoms with Gasteiger partial charge in [0.1, 0.15) is 5.82 Å². The van der Waals surface area contributed by atoms with Gasteiger partial charge in [-0.05, 0) is 24.6 Å². The van der Waals surface area contributed by atoms with Crippen molar-refractivity contribution in [3.63, 3.8) is 0 Å². The molecule has 0 amide bonds. The smallest absolute Gasteiger partial charge is 0.124 e. The molecule has 0 aliphatic rings. The van der Waals surface area contributed by atoms with E-state index in [-0.39, 0.29) is 5.82 Å². The Bertz CT molecular complexity index is 276. The molecule has 0 aromatic heterocycles. The van der Waals surface area contributed by atoms with Crippen molar-refractivity contribution in [1.82, 2.24) is 0 Å². The Morgan fingerprint density at radius 3 is 2.85 bits per heavy atom. The van der Waals surface area contributed by atoms with Crippen LogP contribution in [-0.2, 0) is 0 Å². The maximum atomic E-state index is 12.6. The van der Waals surface area contributed by atoms with E-state index in [0.717, 1.165) is 25.1 Å². The zero-order chi connectivity index (χ0) is 9.68. The highest BCUT2D eigenvalue weighted by molar-refractivity contribution is 6.33. The third-order valence-electron chi connectivity index (χ3n) is 1.78. The molecule has 1 aromatic rings. The zero-order valence-electron chi connectivity index (χ0n) is 7.61. The highest BCUT2D eigenvalue weighted by Gasteiger charge is 1.99. The molecule has 0 saturated carbocycles. The summed E-state index contributed by atoms with van der Waals surface area (Å²) in [5, 5.41) is 3.58. The first kappa shape index (κ1) is 10.3. The molecule has 3 heteroatoms.